The Labute approximate surface area is 73.3 Å². The molecule has 0 aromatic rings. The van der Waals surface area contributed by atoms with Crippen molar-refractivity contribution in [2.75, 3.05) is 25.7 Å². The molecule has 0 saturated carbocycles. The number of rotatable bonds is 6. The fourth-order valence-electron chi connectivity index (χ4n) is 0.831. The molecule has 2 atom stereocenters. The van der Waals surface area contributed by atoms with Crippen LogP contribution in [0, 0.1) is 5.92 Å². The highest BCUT2D eigenvalue weighted by molar-refractivity contribution is 7.98. The molecule has 0 saturated heterocycles. The molecule has 0 rings (SSSR count). The lowest BCUT2D eigenvalue weighted by Crippen LogP contribution is -2.21. The summed E-state index contributed by atoms with van der Waals surface area (Å²) >= 11 is 1.68. The first-order chi connectivity index (χ1) is 5.22. The predicted molar refractivity (Wildman–Crippen MR) is 50.0 cm³/mol. The van der Waals surface area contributed by atoms with Crippen LogP contribution < -0.4 is 0 Å². The summed E-state index contributed by atoms with van der Waals surface area (Å²) < 4.78 is 4.92. The van der Waals surface area contributed by atoms with Crippen molar-refractivity contribution in [1.29, 1.82) is 0 Å². The lowest BCUT2D eigenvalue weighted by molar-refractivity contribution is 0.105. The summed E-state index contributed by atoms with van der Waals surface area (Å²) in [5, 5.41) is 9.47. The fourth-order valence-corrected chi connectivity index (χ4v) is 1.50. The molecule has 0 bridgehead atoms. The van der Waals surface area contributed by atoms with Gasteiger partial charge in [0.05, 0.1) is 6.10 Å². The third-order valence-corrected chi connectivity index (χ3v) is 2.45. The molecule has 0 aliphatic carbocycles. The third kappa shape index (κ3) is 5.53. The molecule has 0 aliphatic rings. The standard InChI is InChI=1S/C8H18O2S/c1-7(4-5-10-2)8(9)6-11-3/h7-9H,4-6H2,1-3H3. The van der Waals surface area contributed by atoms with Crippen molar-refractivity contribution in [2.45, 2.75) is 19.4 Å². The van der Waals surface area contributed by atoms with E-state index in [-0.39, 0.29) is 6.10 Å². The highest BCUT2D eigenvalue weighted by Gasteiger charge is 2.12. The van der Waals surface area contributed by atoms with Crippen LogP contribution in [0.15, 0.2) is 0 Å². The van der Waals surface area contributed by atoms with E-state index in [1.165, 1.54) is 0 Å². The normalized spacial score (nSPS) is 16.4. The van der Waals surface area contributed by atoms with Gasteiger partial charge in [0.1, 0.15) is 0 Å². The largest absolute Gasteiger partial charge is 0.392 e. The van der Waals surface area contributed by atoms with Crippen LogP contribution in [0.2, 0.25) is 0 Å². The minimum atomic E-state index is -0.180. The zero-order valence-electron chi connectivity index (χ0n) is 7.54. The molecule has 0 aromatic carbocycles. The van der Waals surface area contributed by atoms with Crippen LogP contribution in [-0.4, -0.2) is 36.9 Å². The SMILES string of the molecule is COCCC(C)C(O)CSC. The quantitative estimate of drug-likeness (QED) is 0.666. The summed E-state index contributed by atoms with van der Waals surface area (Å²) in [5.41, 5.74) is 0. The molecule has 0 fully saturated rings. The first kappa shape index (κ1) is 11.3. The monoisotopic (exact) mass is 178 g/mol. The van der Waals surface area contributed by atoms with Gasteiger partial charge in [-0.3, -0.25) is 0 Å². The average Bonchev–Trinajstić information content (AvgIpc) is 2.00. The van der Waals surface area contributed by atoms with E-state index in [0.717, 1.165) is 18.8 Å². The second-order valence-electron chi connectivity index (χ2n) is 2.78. The highest BCUT2D eigenvalue weighted by atomic mass is 32.2. The number of thioether (sulfide) groups is 1. The molecule has 2 unspecified atom stereocenters. The molecule has 1 N–H and O–H groups in total. The number of ether oxygens (including phenoxy) is 1. The van der Waals surface area contributed by atoms with Gasteiger partial charge in [-0.2, -0.15) is 11.8 Å². The van der Waals surface area contributed by atoms with Crippen molar-refractivity contribution < 1.29 is 9.84 Å². The predicted octanol–water partition coefficient (Wildman–Crippen LogP) is 1.38. The van der Waals surface area contributed by atoms with E-state index in [1.54, 1.807) is 18.9 Å². The molecule has 0 aliphatic heterocycles. The molecular weight excluding hydrogens is 160 g/mol. The van der Waals surface area contributed by atoms with Crippen LogP contribution >= 0.6 is 11.8 Å². The maximum atomic E-state index is 9.47. The van der Waals surface area contributed by atoms with Crippen LogP contribution in [0.25, 0.3) is 0 Å². The minimum Gasteiger partial charge on any atom is -0.392 e. The van der Waals surface area contributed by atoms with E-state index < -0.39 is 0 Å². The summed E-state index contributed by atoms with van der Waals surface area (Å²) in [6.45, 7) is 2.80. The van der Waals surface area contributed by atoms with E-state index >= 15 is 0 Å². The van der Waals surface area contributed by atoms with E-state index in [9.17, 15) is 5.11 Å². The Balaban J connectivity index is 3.38. The smallest absolute Gasteiger partial charge is 0.0656 e. The van der Waals surface area contributed by atoms with E-state index in [4.69, 9.17) is 4.74 Å². The Morgan fingerprint density at radius 1 is 1.55 bits per heavy atom. The number of hydrogen-bond acceptors (Lipinski definition) is 3. The first-order valence-corrected chi connectivity index (χ1v) is 5.27. The Morgan fingerprint density at radius 2 is 2.18 bits per heavy atom. The average molecular weight is 178 g/mol. The van der Waals surface area contributed by atoms with Crippen LogP contribution in [0.4, 0.5) is 0 Å². The Morgan fingerprint density at radius 3 is 2.64 bits per heavy atom. The van der Waals surface area contributed by atoms with Crippen molar-refractivity contribution in [3.63, 3.8) is 0 Å². The van der Waals surface area contributed by atoms with Gasteiger partial charge in [0.15, 0.2) is 0 Å². The van der Waals surface area contributed by atoms with E-state index in [2.05, 4.69) is 6.92 Å². The summed E-state index contributed by atoms with van der Waals surface area (Å²) in [5.74, 6) is 1.17. The fraction of sp³-hybridized carbons (Fsp3) is 1.00. The second kappa shape index (κ2) is 6.95. The van der Waals surface area contributed by atoms with E-state index in [0.29, 0.717) is 5.92 Å². The van der Waals surface area contributed by atoms with Crippen molar-refractivity contribution >= 4 is 11.8 Å². The molecule has 0 heterocycles. The molecule has 0 spiro atoms. The van der Waals surface area contributed by atoms with Crippen LogP contribution in [0.1, 0.15) is 13.3 Å². The van der Waals surface area contributed by atoms with Gasteiger partial charge >= 0.3 is 0 Å². The molecule has 0 radical (unpaired) electrons. The first-order valence-electron chi connectivity index (χ1n) is 3.88. The zero-order chi connectivity index (χ0) is 8.69. The minimum absolute atomic E-state index is 0.180. The lowest BCUT2D eigenvalue weighted by Gasteiger charge is -2.16. The van der Waals surface area contributed by atoms with Gasteiger partial charge in [-0.05, 0) is 18.6 Å². The van der Waals surface area contributed by atoms with Gasteiger partial charge in [-0.1, -0.05) is 6.92 Å². The number of hydrogen-bond donors (Lipinski definition) is 1. The molecule has 0 amide bonds. The maximum Gasteiger partial charge on any atom is 0.0656 e. The van der Waals surface area contributed by atoms with Crippen molar-refractivity contribution in [3.05, 3.63) is 0 Å². The van der Waals surface area contributed by atoms with Crippen molar-refractivity contribution in [3.8, 4) is 0 Å². The Bertz CT molecular complexity index is 88.2. The van der Waals surface area contributed by atoms with Gasteiger partial charge in [-0.25, -0.2) is 0 Å². The van der Waals surface area contributed by atoms with Crippen LogP contribution in [0.5, 0.6) is 0 Å². The zero-order valence-corrected chi connectivity index (χ0v) is 8.36. The summed E-state index contributed by atoms with van der Waals surface area (Å²) in [4.78, 5) is 0. The number of aliphatic hydroxyl groups is 1. The Hall–Kier alpha value is 0.270. The second-order valence-corrected chi connectivity index (χ2v) is 3.69. The number of aliphatic hydroxyl groups excluding tert-OH is 1. The van der Waals surface area contributed by atoms with Gasteiger partial charge in [0, 0.05) is 19.5 Å². The molecular formula is C8H18O2S. The lowest BCUT2D eigenvalue weighted by atomic mass is 10.0. The maximum absolute atomic E-state index is 9.47. The van der Waals surface area contributed by atoms with Gasteiger partial charge in [0.25, 0.3) is 0 Å². The molecule has 11 heavy (non-hydrogen) atoms. The van der Waals surface area contributed by atoms with Crippen molar-refractivity contribution in [1.82, 2.24) is 0 Å². The molecule has 3 heteroatoms. The number of methoxy groups -OCH3 is 1. The summed E-state index contributed by atoms with van der Waals surface area (Å²) in [6.07, 6.45) is 2.77. The van der Waals surface area contributed by atoms with Gasteiger partial charge < -0.3 is 9.84 Å². The third-order valence-electron chi connectivity index (χ3n) is 1.77. The molecule has 68 valence electrons. The van der Waals surface area contributed by atoms with Crippen LogP contribution in [-0.2, 0) is 4.74 Å². The van der Waals surface area contributed by atoms with E-state index in [1.807, 2.05) is 6.26 Å². The topological polar surface area (TPSA) is 29.5 Å². The highest BCUT2D eigenvalue weighted by Crippen LogP contribution is 2.11. The molecule has 2 nitrogen and oxygen atoms in total. The summed E-state index contributed by atoms with van der Waals surface area (Å²) in [7, 11) is 1.69. The Kier molecular flexibility index (Phi) is 7.12. The van der Waals surface area contributed by atoms with Crippen LogP contribution in [0.3, 0.4) is 0 Å². The van der Waals surface area contributed by atoms with Gasteiger partial charge in [0.2, 0.25) is 0 Å². The summed E-state index contributed by atoms with van der Waals surface area (Å²) in [6, 6.07) is 0. The van der Waals surface area contributed by atoms with Crippen molar-refractivity contribution in [2.24, 2.45) is 5.92 Å². The van der Waals surface area contributed by atoms with Gasteiger partial charge in [-0.15, -0.1) is 0 Å². The molecule has 0 aromatic heterocycles.